The number of carbonyl (C=O) groups is 2. The van der Waals surface area contributed by atoms with Crippen molar-refractivity contribution in [3.63, 3.8) is 0 Å². The lowest BCUT2D eigenvalue weighted by Crippen LogP contribution is -2.67. The zero-order valence-corrected chi connectivity index (χ0v) is 29.1. The van der Waals surface area contributed by atoms with Crippen LogP contribution in [0.25, 0.3) is 0 Å². The third kappa shape index (κ3) is 4.59. The van der Waals surface area contributed by atoms with Gasteiger partial charge in [-0.2, -0.15) is 0 Å². The maximum absolute atomic E-state index is 15.2. The minimum absolute atomic E-state index is 0.00303. The minimum Gasteiger partial charge on any atom is -0.388 e. The molecule has 3 heteroatoms. The average molecular weight is 579 g/mol. The predicted octanol–water partition coefficient (Wildman–Crippen LogP) is 9.24. The van der Waals surface area contributed by atoms with Crippen LogP contribution in [0.2, 0.25) is 0 Å². The fraction of sp³-hybridized carbons (Fsp3) is 0.846. The molecule has 10 unspecified atom stereocenters. The molecule has 5 aliphatic carbocycles. The molecule has 0 aromatic carbocycles. The van der Waals surface area contributed by atoms with Crippen molar-refractivity contribution in [2.24, 2.45) is 74.9 Å². The maximum Gasteiger partial charge on any atom is 0.158 e. The van der Waals surface area contributed by atoms with Crippen molar-refractivity contribution in [1.82, 2.24) is 0 Å². The van der Waals surface area contributed by atoms with E-state index in [1.807, 2.05) is 0 Å². The Morgan fingerprint density at radius 1 is 1.05 bits per heavy atom. The second kappa shape index (κ2) is 10.4. The molecule has 0 spiro atoms. The van der Waals surface area contributed by atoms with Gasteiger partial charge in [0.05, 0.1) is 6.10 Å². The van der Waals surface area contributed by atoms with Crippen LogP contribution in [0.4, 0.5) is 0 Å². The SMILES string of the molecule is CC(=O)C1=C(C)CC2(C)CC3(C)CC4C(C5CCC(C(C)C)CC5)C=C(C(C)(C)C)C(C)C4C(=O)C3C(C)C2(C)C1O. The summed E-state index contributed by atoms with van der Waals surface area (Å²) in [4.78, 5) is 28.0. The lowest BCUT2D eigenvalue weighted by molar-refractivity contribution is -0.205. The number of allylic oxidation sites excluding steroid dienone is 3. The summed E-state index contributed by atoms with van der Waals surface area (Å²) in [6.45, 7) is 27.0. The molecule has 236 valence electrons. The molecule has 10 atom stereocenters. The summed E-state index contributed by atoms with van der Waals surface area (Å²) in [5, 5.41) is 12.0. The Balaban J connectivity index is 1.58. The number of hydrogen-bond donors (Lipinski definition) is 1. The van der Waals surface area contributed by atoms with Gasteiger partial charge in [0.1, 0.15) is 5.78 Å². The molecular formula is C39H62O3. The molecule has 0 saturated heterocycles. The van der Waals surface area contributed by atoms with E-state index in [9.17, 15) is 9.90 Å². The largest absolute Gasteiger partial charge is 0.388 e. The fourth-order valence-corrected chi connectivity index (χ4v) is 12.4. The first-order valence-corrected chi connectivity index (χ1v) is 17.4. The zero-order valence-electron chi connectivity index (χ0n) is 29.1. The fourth-order valence-electron chi connectivity index (χ4n) is 12.4. The Morgan fingerprint density at radius 3 is 2.17 bits per heavy atom. The van der Waals surface area contributed by atoms with Crippen molar-refractivity contribution in [2.45, 2.75) is 134 Å². The predicted molar refractivity (Wildman–Crippen MR) is 173 cm³/mol. The van der Waals surface area contributed by atoms with E-state index in [0.29, 0.717) is 29.1 Å². The summed E-state index contributed by atoms with van der Waals surface area (Å²) in [5.41, 5.74) is 2.41. The van der Waals surface area contributed by atoms with Crippen LogP contribution in [-0.4, -0.2) is 22.8 Å². The van der Waals surface area contributed by atoms with Gasteiger partial charge < -0.3 is 5.11 Å². The number of Topliss-reactive ketones (excluding diaryl/α,β-unsaturated/α-hetero) is 2. The summed E-state index contributed by atoms with van der Waals surface area (Å²) >= 11 is 0. The Labute approximate surface area is 257 Å². The first-order valence-electron chi connectivity index (χ1n) is 17.4. The first-order chi connectivity index (χ1) is 19.3. The highest BCUT2D eigenvalue weighted by atomic mass is 16.3. The van der Waals surface area contributed by atoms with E-state index in [-0.39, 0.29) is 45.7 Å². The first kappa shape index (κ1) is 32.2. The highest BCUT2D eigenvalue weighted by Crippen LogP contribution is 2.72. The van der Waals surface area contributed by atoms with E-state index in [2.05, 4.69) is 82.2 Å². The van der Waals surface area contributed by atoms with Crippen molar-refractivity contribution in [3.05, 3.63) is 22.8 Å². The van der Waals surface area contributed by atoms with Crippen molar-refractivity contribution in [3.8, 4) is 0 Å². The van der Waals surface area contributed by atoms with Crippen molar-refractivity contribution in [1.29, 1.82) is 0 Å². The number of ketones is 2. The topological polar surface area (TPSA) is 54.4 Å². The van der Waals surface area contributed by atoms with Crippen molar-refractivity contribution >= 4 is 11.6 Å². The second-order valence-electron chi connectivity index (χ2n) is 18.2. The van der Waals surface area contributed by atoms with Gasteiger partial charge in [-0.15, -0.1) is 0 Å². The molecule has 0 aromatic heterocycles. The molecule has 0 aliphatic heterocycles. The lowest BCUT2D eigenvalue weighted by Gasteiger charge is -2.68. The quantitative estimate of drug-likeness (QED) is 0.340. The van der Waals surface area contributed by atoms with E-state index >= 15 is 4.79 Å². The van der Waals surface area contributed by atoms with Gasteiger partial charge in [0, 0.05) is 22.8 Å². The number of rotatable bonds is 3. The zero-order chi connectivity index (χ0) is 31.3. The Bertz CT molecular complexity index is 1170. The van der Waals surface area contributed by atoms with Gasteiger partial charge >= 0.3 is 0 Å². The van der Waals surface area contributed by atoms with E-state index in [1.54, 1.807) is 6.92 Å². The number of aliphatic hydroxyl groups is 1. The molecule has 0 heterocycles. The van der Waals surface area contributed by atoms with E-state index in [1.165, 1.54) is 31.3 Å². The summed E-state index contributed by atoms with van der Waals surface area (Å²) in [7, 11) is 0. The van der Waals surface area contributed by atoms with Gasteiger partial charge in [0.15, 0.2) is 5.78 Å². The van der Waals surface area contributed by atoms with Crippen LogP contribution in [0.5, 0.6) is 0 Å². The van der Waals surface area contributed by atoms with Crippen LogP contribution < -0.4 is 0 Å². The van der Waals surface area contributed by atoms with Crippen molar-refractivity contribution < 1.29 is 14.7 Å². The van der Waals surface area contributed by atoms with Crippen LogP contribution in [0.15, 0.2) is 22.8 Å². The van der Waals surface area contributed by atoms with E-state index in [4.69, 9.17) is 0 Å². The van der Waals surface area contributed by atoms with Gasteiger partial charge in [0.25, 0.3) is 0 Å². The molecule has 5 aliphatic rings. The van der Waals surface area contributed by atoms with Crippen LogP contribution in [0.1, 0.15) is 128 Å². The average Bonchev–Trinajstić information content (AvgIpc) is 2.85. The van der Waals surface area contributed by atoms with Crippen LogP contribution in [0.3, 0.4) is 0 Å². The molecule has 3 nitrogen and oxygen atoms in total. The molecular weight excluding hydrogens is 516 g/mol. The second-order valence-corrected chi connectivity index (χ2v) is 18.2. The maximum atomic E-state index is 15.2. The molecule has 5 rings (SSSR count). The van der Waals surface area contributed by atoms with Gasteiger partial charge in [-0.1, -0.05) is 86.5 Å². The summed E-state index contributed by atoms with van der Waals surface area (Å²) < 4.78 is 0. The Hall–Kier alpha value is -1.22. The number of carbonyl (C=O) groups excluding carboxylic acids is 2. The van der Waals surface area contributed by atoms with E-state index < -0.39 is 11.5 Å². The Kier molecular flexibility index (Phi) is 7.98. The number of fused-ring (bicyclic) bond motifs is 3. The molecule has 0 aromatic rings. The normalized spacial score (nSPS) is 47.9. The molecule has 0 amide bonds. The lowest BCUT2D eigenvalue weighted by atomic mass is 9.35. The summed E-state index contributed by atoms with van der Waals surface area (Å²) in [6, 6.07) is 0. The summed E-state index contributed by atoms with van der Waals surface area (Å²) in [6.07, 6.45) is 9.99. The van der Waals surface area contributed by atoms with Gasteiger partial charge in [0.2, 0.25) is 0 Å². The third-order valence-corrected chi connectivity index (χ3v) is 14.5. The minimum atomic E-state index is -0.823. The third-order valence-electron chi connectivity index (χ3n) is 14.5. The summed E-state index contributed by atoms with van der Waals surface area (Å²) in [5.74, 6) is 3.81. The van der Waals surface area contributed by atoms with Gasteiger partial charge in [-0.25, -0.2) is 0 Å². The van der Waals surface area contributed by atoms with Crippen molar-refractivity contribution in [2.75, 3.05) is 0 Å². The smallest absolute Gasteiger partial charge is 0.158 e. The molecule has 42 heavy (non-hydrogen) atoms. The number of aliphatic hydroxyl groups excluding tert-OH is 1. The molecule has 0 bridgehead atoms. The number of hydrogen-bond acceptors (Lipinski definition) is 3. The Morgan fingerprint density at radius 2 is 1.64 bits per heavy atom. The highest BCUT2D eigenvalue weighted by molar-refractivity contribution is 5.95. The van der Waals surface area contributed by atoms with Crippen LogP contribution in [0, 0.1) is 74.9 Å². The molecule has 0 radical (unpaired) electrons. The standard InChI is InChI=1S/C39H62O3/c1-21(2)26-13-15-27(16-14-26)28-17-30(36(7,8)9)23(4)32-29(28)19-37(10)20-38(11)18-22(3)31(25(6)40)35(42)39(38,12)24(5)33(37)34(32)41/h17,21,23-24,26-29,32-33,35,42H,13-16,18-20H2,1-12H3. The van der Waals surface area contributed by atoms with Crippen LogP contribution in [-0.2, 0) is 9.59 Å². The molecule has 3 saturated carbocycles. The van der Waals surface area contributed by atoms with Crippen LogP contribution >= 0.6 is 0 Å². The van der Waals surface area contributed by atoms with Gasteiger partial charge in [-0.05, 0) is 116 Å². The van der Waals surface area contributed by atoms with Gasteiger partial charge in [-0.3, -0.25) is 9.59 Å². The van der Waals surface area contributed by atoms with E-state index in [0.717, 1.165) is 36.7 Å². The molecule has 1 N–H and O–H groups in total. The highest BCUT2D eigenvalue weighted by Gasteiger charge is 2.69. The monoisotopic (exact) mass is 578 g/mol. The molecule has 3 fully saturated rings.